The van der Waals surface area contributed by atoms with Crippen LogP contribution in [0.5, 0.6) is 0 Å². The van der Waals surface area contributed by atoms with Crippen LogP contribution in [0.15, 0.2) is 24.5 Å². The van der Waals surface area contributed by atoms with Gasteiger partial charge in [-0.25, -0.2) is 18.2 Å². The third-order valence-electron chi connectivity index (χ3n) is 2.50. The Morgan fingerprint density at radius 3 is 2.29 bits per heavy atom. The number of halogens is 3. The smallest absolute Gasteiger partial charge is 0.194 e. The third-order valence-corrected chi connectivity index (χ3v) is 2.50. The zero-order valence-corrected chi connectivity index (χ0v) is 8.99. The van der Waals surface area contributed by atoms with Gasteiger partial charge in [-0.1, -0.05) is 0 Å². The van der Waals surface area contributed by atoms with E-state index in [4.69, 9.17) is 5.73 Å². The van der Waals surface area contributed by atoms with Crippen molar-refractivity contribution in [1.82, 2.24) is 9.55 Å². The summed E-state index contributed by atoms with van der Waals surface area (Å²) < 4.78 is 40.5. The van der Waals surface area contributed by atoms with Gasteiger partial charge in [0.1, 0.15) is 5.82 Å². The highest BCUT2D eigenvalue weighted by Gasteiger charge is 2.18. The second-order valence-corrected chi connectivity index (χ2v) is 3.67. The molecule has 1 atom stereocenters. The second-order valence-electron chi connectivity index (χ2n) is 3.67. The Labute approximate surface area is 95.7 Å². The Morgan fingerprint density at radius 2 is 1.82 bits per heavy atom. The zero-order chi connectivity index (χ0) is 12.6. The first-order chi connectivity index (χ1) is 8.00. The van der Waals surface area contributed by atoms with Gasteiger partial charge in [0, 0.05) is 19.4 Å². The molecule has 2 rings (SSSR count). The topological polar surface area (TPSA) is 43.8 Å². The molecule has 2 aromatic rings. The van der Waals surface area contributed by atoms with Crippen molar-refractivity contribution in [2.24, 2.45) is 12.8 Å². The van der Waals surface area contributed by atoms with Crippen LogP contribution in [0.25, 0.3) is 0 Å². The van der Waals surface area contributed by atoms with Gasteiger partial charge < -0.3 is 10.3 Å². The van der Waals surface area contributed by atoms with E-state index in [9.17, 15) is 13.2 Å². The summed E-state index contributed by atoms with van der Waals surface area (Å²) >= 11 is 0. The van der Waals surface area contributed by atoms with Gasteiger partial charge in [-0.15, -0.1) is 0 Å². The Balaban J connectivity index is 2.45. The fourth-order valence-electron chi connectivity index (χ4n) is 1.58. The molecule has 0 amide bonds. The lowest BCUT2D eigenvalue weighted by Crippen LogP contribution is -2.17. The Hall–Kier alpha value is -1.82. The van der Waals surface area contributed by atoms with Crippen LogP contribution in [0.1, 0.15) is 17.4 Å². The molecule has 0 bridgehead atoms. The first kappa shape index (κ1) is 11.7. The van der Waals surface area contributed by atoms with E-state index in [2.05, 4.69) is 4.98 Å². The third kappa shape index (κ3) is 2.03. The first-order valence-corrected chi connectivity index (χ1v) is 4.88. The van der Waals surface area contributed by atoms with E-state index in [1.165, 1.54) is 6.20 Å². The molecule has 17 heavy (non-hydrogen) atoms. The average molecular weight is 241 g/mol. The number of aromatic nitrogens is 2. The van der Waals surface area contributed by atoms with E-state index < -0.39 is 23.5 Å². The highest BCUT2D eigenvalue weighted by Crippen LogP contribution is 2.21. The maximum absolute atomic E-state index is 13.0. The van der Waals surface area contributed by atoms with Crippen molar-refractivity contribution in [3.8, 4) is 0 Å². The minimum Gasteiger partial charge on any atom is -0.336 e. The number of benzene rings is 1. The summed E-state index contributed by atoms with van der Waals surface area (Å²) in [7, 11) is 1.71. The molecular weight excluding hydrogens is 231 g/mol. The number of hydrogen-bond donors (Lipinski definition) is 1. The predicted molar refractivity (Wildman–Crippen MR) is 55.6 cm³/mol. The van der Waals surface area contributed by atoms with E-state index in [-0.39, 0.29) is 5.56 Å². The number of hydrogen-bond acceptors (Lipinski definition) is 2. The molecule has 0 fully saturated rings. The van der Waals surface area contributed by atoms with Gasteiger partial charge in [-0.3, -0.25) is 0 Å². The molecule has 6 heteroatoms. The summed E-state index contributed by atoms with van der Waals surface area (Å²) in [5.74, 6) is -3.58. The molecule has 0 aliphatic rings. The minimum absolute atomic E-state index is 0.135. The van der Waals surface area contributed by atoms with E-state index in [1.54, 1.807) is 17.8 Å². The lowest BCUT2D eigenvalue weighted by Gasteiger charge is -2.12. The summed E-state index contributed by atoms with van der Waals surface area (Å²) in [6, 6.07) is 0.940. The van der Waals surface area contributed by atoms with Crippen LogP contribution in [0, 0.1) is 17.5 Å². The monoisotopic (exact) mass is 241 g/mol. The number of rotatable bonds is 2. The molecule has 0 aliphatic carbocycles. The molecule has 1 heterocycles. The molecule has 1 unspecified atom stereocenters. The van der Waals surface area contributed by atoms with Crippen molar-refractivity contribution in [2.45, 2.75) is 6.04 Å². The molecule has 3 nitrogen and oxygen atoms in total. The van der Waals surface area contributed by atoms with Crippen molar-refractivity contribution in [3.05, 3.63) is 53.4 Å². The SMILES string of the molecule is Cn1ccnc1C(N)c1cc(F)c(F)c(F)c1. The van der Waals surface area contributed by atoms with Crippen LogP contribution < -0.4 is 5.73 Å². The minimum atomic E-state index is -1.50. The highest BCUT2D eigenvalue weighted by atomic mass is 19.2. The van der Waals surface area contributed by atoms with Crippen molar-refractivity contribution < 1.29 is 13.2 Å². The lowest BCUT2D eigenvalue weighted by molar-refractivity contribution is 0.444. The van der Waals surface area contributed by atoms with E-state index in [1.807, 2.05) is 0 Å². The number of nitrogens with zero attached hydrogens (tertiary/aromatic N) is 2. The highest BCUT2D eigenvalue weighted by molar-refractivity contribution is 5.27. The molecule has 0 saturated heterocycles. The van der Waals surface area contributed by atoms with Gasteiger partial charge in [0.25, 0.3) is 0 Å². The van der Waals surface area contributed by atoms with Crippen LogP contribution in [-0.2, 0) is 7.05 Å². The molecular formula is C11H10F3N3. The molecule has 90 valence electrons. The fourth-order valence-corrected chi connectivity index (χ4v) is 1.58. The van der Waals surface area contributed by atoms with E-state index >= 15 is 0 Å². The lowest BCUT2D eigenvalue weighted by atomic mass is 10.1. The van der Waals surface area contributed by atoms with Crippen LogP contribution in [0.2, 0.25) is 0 Å². The van der Waals surface area contributed by atoms with Gasteiger partial charge in [0.05, 0.1) is 6.04 Å². The van der Waals surface area contributed by atoms with Crippen molar-refractivity contribution >= 4 is 0 Å². The van der Waals surface area contributed by atoms with Crippen LogP contribution >= 0.6 is 0 Å². The summed E-state index contributed by atoms with van der Waals surface area (Å²) in [5.41, 5.74) is 5.95. The van der Waals surface area contributed by atoms with Gasteiger partial charge >= 0.3 is 0 Å². The fraction of sp³-hybridized carbons (Fsp3) is 0.182. The summed E-state index contributed by atoms with van der Waals surface area (Å²) in [4.78, 5) is 3.97. The predicted octanol–water partition coefficient (Wildman–Crippen LogP) is 1.89. The van der Waals surface area contributed by atoms with Gasteiger partial charge in [-0.2, -0.15) is 0 Å². The zero-order valence-electron chi connectivity index (χ0n) is 8.99. The van der Waals surface area contributed by atoms with Gasteiger partial charge in [0.2, 0.25) is 0 Å². The van der Waals surface area contributed by atoms with Crippen LogP contribution in [0.3, 0.4) is 0 Å². The molecule has 1 aromatic heterocycles. The largest absolute Gasteiger partial charge is 0.336 e. The first-order valence-electron chi connectivity index (χ1n) is 4.88. The summed E-state index contributed by atoms with van der Waals surface area (Å²) in [6.07, 6.45) is 3.18. The molecule has 1 aromatic carbocycles. The maximum atomic E-state index is 13.0. The molecule has 0 spiro atoms. The van der Waals surface area contributed by atoms with Crippen molar-refractivity contribution in [2.75, 3.05) is 0 Å². The Morgan fingerprint density at radius 1 is 1.24 bits per heavy atom. The molecule has 0 aliphatic heterocycles. The normalized spacial score (nSPS) is 12.8. The Kier molecular flexibility index (Phi) is 2.89. The molecule has 0 radical (unpaired) electrons. The number of nitrogens with two attached hydrogens (primary N) is 1. The van der Waals surface area contributed by atoms with Crippen molar-refractivity contribution in [3.63, 3.8) is 0 Å². The van der Waals surface area contributed by atoms with Crippen LogP contribution in [0.4, 0.5) is 13.2 Å². The van der Waals surface area contributed by atoms with Gasteiger partial charge in [-0.05, 0) is 17.7 Å². The van der Waals surface area contributed by atoms with E-state index in [0.717, 1.165) is 12.1 Å². The van der Waals surface area contributed by atoms with Crippen molar-refractivity contribution in [1.29, 1.82) is 0 Å². The maximum Gasteiger partial charge on any atom is 0.194 e. The van der Waals surface area contributed by atoms with Gasteiger partial charge in [0.15, 0.2) is 17.5 Å². The average Bonchev–Trinajstić information content (AvgIpc) is 2.70. The number of aryl methyl sites for hydroxylation is 1. The quantitative estimate of drug-likeness (QED) is 0.816. The standard InChI is InChI=1S/C11H10F3N3/c1-17-3-2-16-11(17)10(15)6-4-7(12)9(14)8(13)5-6/h2-5,10H,15H2,1H3. The van der Waals surface area contributed by atoms with Crippen LogP contribution in [-0.4, -0.2) is 9.55 Å². The molecule has 2 N–H and O–H groups in total. The Bertz CT molecular complexity index is 528. The number of imidazole rings is 1. The van der Waals surface area contributed by atoms with E-state index in [0.29, 0.717) is 5.82 Å². The molecule has 0 saturated carbocycles. The summed E-state index contributed by atoms with van der Waals surface area (Å²) in [6.45, 7) is 0. The second kappa shape index (κ2) is 4.21. The summed E-state index contributed by atoms with van der Waals surface area (Å²) in [5, 5.41) is 0.